The third-order valence-electron chi connectivity index (χ3n) is 4.62. The Bertz CT molecular complexity index is 916. The molecule has 0 spiro atoms. The summed E-state index contributed by atoms with van der Waals surface area (Å²) in [6.45, 7) is 10.0. The van der Waals surface area contributed by atoms with E-state index in [-0.39, 0.29) is 10.8 Å². The number of nitrogens with one attached hydrogen (secondary N) is 1. The Labute approximate surface area is 174 Å². The smallest absolute Gasteiger partial charge is 0.251 e. The molecule has 1 aromatic carbocycles. The molecule has 1 heterocycles. The molecule has 0 bridgehead atoms. The van der Waals surface area contributed by atoms with Gasteiger partial charge in [-0.2, -0.15) is 9.40 Å². The van der Waals surface area contributed by atoms with E-state index in [1.807, 2.05) is 38.4 Å². The Morgan fingerprint density at radius 1 is 1.14 bits per heavy atom. The van der Waals surface area contributed by atoms with Crippen molar-refractivity contribution in [2.24, 2.45) is 0 Å². The largest absolute Gasteiger partial charge is 0.352 e. The highest BCUT2D eigenvalue weighted by atomic mass is 32.2. The molecule has 2 aromatic rings. The molecule has 0 fully saturated rings. The number of benzene rings is 1. The van der Waals surface area contributed by atoms with E-state index in [4.69, 9.17) is 0 Å². The van der Waals surface area contributed by atoms with Gasteiger partial charge in [0.25, 0.3) is 5.91 Å². The third-order valence-corrected chi connectivity index (χ3v) is 6.51. The fourth-order valence-electron chi connectivity index (χ4n) is 3.23. The Morgan fingerprint density at radius 3 is 2.41 bits per heavy atom. The monoisotopic (exact) mass is 420 g/mol. The van der Waals surface area contributed by atoms with Crippen LogP contribution in [0.5, 0.6) is 0 Å². The highest BCUT2D eigenvalue weighted by molar-refractivity contribution is 7.89. The number of hydrogen-bond donors (Lipinski definition) is 1. The first-order valence-corrected chi connectivity index (χ1v) is 11.6. The number of aryl methyl sites for hydroxylation is 3. The lowest BCUT2D eigenvalue weighted by Gasteiger charge is -2.21. The van der Waals surface area contributed by atoms with Gasteiger partial charge in [-0.25, -0.2) is 8.42 Å². The van der Waals surface area contributed by atoms with Gasteiger partial charge in [0.05, 0.1) is 10.6 Å². The minimum atomic E-state index is -3.60. The van der Waals surface area contributed by atoms with Crippen LogP contribution in [0.25, 0.3) is 0 Å². The summed E-state index contributed by atoms with van der Waals surface area (Å²) in [5.74, 6) is -0.270. The van der Waals surface area contributed by atoms with E-state index in [1.165, 1.54) is 10.4 Å². The van der Waals surface area contributed by atoms with Crippen LogP contribution in [0.1, 0.15) is 54.9 Å². The van der Waals surface area contributed by atoms with E-state index in [2.05, 4.69) is 10.4 Å². The predicted octanol–water partition coefficient (Wildman–Crippen LogP) is 3.13. The lowest BCUT2D eigenvalue weighted by Crippen LogP contribution is -2.33. The minimum absolute atomic E-state index is 0.162. The summed E-state index contributed by atoms with van der Waals surface area (Å²) in [5, 5.41) is 7.27. The average Bonchev–Trinajstić information content (AvgIpc) is 3.02. The SMILES string of the molecule is CCCN(CCC)S(=O)(=O)c1cccc(C(=O)NCCCn2nc(C)cc2C)c1. The van der Waals surface area contributed by atoms with Crippen molar-refractivity contribution in [3.05, 3.63) is 47.3 Å². The number of rotatable bonds is 11. The van der Waals surface area contributed by atoms with Gasteiger partial charge in [-0.3, -0.25) is 9.48 Å². The van der Waals surface area contributed by atoms with Crippen molar-refractivity contribution < 1.29 is 13.2 Å². The first-order valence-electron chi connectivity index (χ1n) is 10.2. The average molecular weight is 421 g/mol. The lowest BCUT2D eigenvalue weighted by atomic mass is 10.2. The summed E-state index contributed by atoms with van der Waals surface area (Å²) in [6, 6.07) is 8.29. The van der Waals surface area contributed by atoms with E-state index in [9.17, 15) is 13.2 Å². The molecule has 8 heteroatoms. The zero-order valence-corrected chi connectivity index (χ0v) is 18.6. The molecule has 1 amide bonds. The number of hydrogen-bond acceptors (Lipinski definition) is 4. The van der Waals surface area contributed by atoms with Crippen LogP contribution in [0.3, 0.4) is 0 Å². The van der Waals surface area contributed by atoms with Gasteiger partial charge in [-0.1, -0.05) is 19.9 Å². The van der Waals surface area contributed by atoms with E-state index < -0.39 is 10.0 Å². The highest BCUT2D eigenvalue weighted by Crippen LogP contribution is 2.18. The second-order valence-corrected chi connectivity index (χ2v) is 9.13. The van der Waals surface area contributed by atoms with Crippen molar-refractivity contribution in [3.63, 3.8) is 0 Å². The van der Waals surface area contributed by atoms with E-state index in [1.54, 1.807) is 18.2 Å². The van der Waals surface area contributed by atoms with Crippen LogP contribution in [0.4, 0.5) is 0 Å². The number of aromatic nitrogens is 2. The molecular weight excluding hydrogens is 388 g/mol. The van der Waals surface area contributed by atoms with Gasteiger partial charge < -0.3 is 5.32 Å². The fourth-order valence-corrected chi connectivity index (χ4v) is 4.90. The molecule has 160 valence electrons. The van der Waals surface area contributed by atoms with Gasteiger partial charge >= 0.3 is 0 Å². The van der Waals surface area contributed by atoms with Gasteiger partial charge in [-0.05, 0) is 57.4 Å². The summed E-state index contributed by atoms with van der Waals surface area (Å²) in [4.78, 5) is 12.6. The minimum Gasteiger partial charge on any atom is -0.352 e. The van der Waals surface area contributed by atoms with Crippen LogP contribution in [-0.2, 0) is 16.6 Å². The Morgan fingerprint density at radius 2 is 1.83 bits per heavy atom. The normalized spacial score (nSPS) is 11.8. The second-order valence-electron chi connectivity index (χ2n) is 7.19. The number of carbonyl (C=O) groups excluding carboxylic acids is 1. The van der Waals surface area contributed by atoms with Crippen molar-refractivity contribution in [3.8, 4) is 0 Å². The van der Waals surface area contributed by atoms with Gasteiger partial charge in [0.1, 0.15) is 0 Å². The van der Waals surface area contributed by atoms with Crippen LogP contribution in [0.15, 0.2) is 35.2 Å². The van der Waals surface area contributed by atoms with Gasteiger partial charge in [-0.15, -0.1) is 0 Å². The van der Waals surface area contributed by atoms with Crippen molar-refractivity contribution in [2.45, 2.75) is 58.4 Å². The van der Waals surface area contributed by atoms with Crippen LogP contribution in [0, 0.1) is 13.8 Å². The van der Waals surface area contributed by atoms with Gasteiger partial charge in [0.15, 0.2) is 0 Å². The van der Waals surface area contributed by atoms with Crippen LogP contribution < -0.4 is 5.32 Å². The first kappa shape index (κ1) is 23.1. The van der Waals surface area contributed by atoms with E-state index in [0.29, 0.717) is 25.2 Å². The predicted molar refractivity (Wildman–Crippen MR) is 114 cm³/mol. The molecule has 0 unspecified atom stereocenters. The molecule has 0 aliphatic rings. The number of sulfonamides is 1. The molecule has 0 aliphatic heterocycles. The summed E-state index contributed by atoms with van der Waals surface area (Å²) < 4.78 is 29.3. The molecule has 0 aliphatic carbocycles. The lowest BCUT2D eigenvalue weighted by molar-refractivity contribution is 0.0952. The van der Waals surface area contributed by atoms with E-state index in [0.717, 1.165) is 37.2 Å². The summed E-state index contributed by atoms with van der Waals surface area (Å²) in [5.41, 5.74) is 2.42. The van der Waals surface area contributed by atoms with Crippen molar-refractivity contribution >= 4 is 15.9 Å². The molecule has 0 saturated heterocycles. The molecule has 0 radical (unpaired) electrons. The molecule has 1 N–H and O–H groups in total. The Kier molecular flexibility index (Phi) is 8.40. The standard InChI is InChI=1S/C21H32N4O3S/c1-5-12-24(13-6-2)29(27,28)20-10-7-9-19(16-20)21(26)22-11-8-14-25-18(4)15-17(3)23-25/h7,9-10,15-16H,5-6,8,11-14H2,1-4H3,(H,22,26). The third kappa shape index (κ3) is 6.14. The maximum Gasteiger partial charge on any atom is 0.251 e. The zero-order chi connectivity index (χ0) is 21.4. The molecule has 0 saturated carbocycles. The maximum absolute atomic E-state index is 12.9. The zero-order valence-electron chi connectivity index (χ0n) is 17.8. The van der Waals surface area contributed by atoms with Crippen molar-refractivity contribution in [1.29, 1.82) is 0 Å². The van der Waals surface area contributed by atoms with Crippen molar-refractivity contribution in [2.75, 3.05) is 19.6 Å². The van der Waals surface area contributed by atoms with Gasteiger partial charge in [0.2, 0.25) is 10.0 Å². The molecule has 29 heavy (non-hydrogen) atoms. The van der Waals surface area contributed by atoms with E-state index >= 15 is 0 Å². The number of amides is 1. The maximum atomic E-state index is 12.9. The Hall–Kier alpha value is -2.19. The fraction of sp³-hybridized carbons (Fsp3) is 0.524. The summed E-state index contributed by atoms with van der Waals surface area (Å²) in [6.07, 6.45) is 2.23. The second kappa shape index (κ2) is 10.5. The number of carbonyl (C=O) groups is 1. The quantitative estimate of drug-likeness (QED) is 0.566. The molecule has 2 rings (SSSR count). The molecule has 1 aromatic heterocycles. The molecule has 7 nitrogen and oxygen atoms in total. The van der Waals surface area contributed by atoms with Crippen LogP contribution in [0.2, 0.25) is 0 Å². The topological polar surface area (TPSA) is 84.3 Å². The molecule has 0 atom stereocenters. The first-order chi connectivity index (χ1) is 13.8. The van der Waals surface area contributed by atoms with Crippen LogP contribution in [-0.4, -0.2) is 48.0 Å². The summed E-state index contributed by atoms with van der Waals surface area (Å²) in [7, 11) is -3.60. The van der Waals surface area contributed by atoms with Crippen molar-refractivity contribution in [1.82, 2.24) is 19.4 Å². The Balaban J connectivity index is 2.00. The molecular formula is C21H32N4O3S. The highest BCUT2D eigenvalue weighted by Gasteiger charge is 2.23. The van der Waals surface area contributed by atoms with Crippen LogP contribution >= 0.6 is 0 Å². The summed E-state index contributed by atoms with van der Waals surface area (Å²) >= 11 is 0. The van der Waals surface area contributed by atoms with Gasteiger partial charge in [0, 0.05) is 37.4 Å². The number of nitrogens with zero attached hydrogens (tertiary/aromatic N) is 3.